The van der Waals surface area contributed by atoms with E-state index in [-0.39, 0.29) is 24.8 Å². The van der Waals surface area contributed by atoms with Crippen LogP contribution in [0.15, 0.2) is 12.3 Å². The number of carbonyl (C=O) groups is 2. The van der Waals surface area contributed by atoms with Gasteiger partial charge in [-0.2, -0.15) is 0 Å². The molecule has 1 aromatic rings. The number of ether oxygens (including phenoxy) is 4. The number of aromatic nitrogens is 1. The lowest BCUT2D eigenvalue weighted by Gasteiger charge is -2.10. The molecular weight excluding hydrogens is 266 g/mol. The minimum atomic E-state index is -0.919. The summed E-state index contributed by atoms with van der Waals surface area (Å²) in [5, 5.41) is 0. The average Bonchev–Trinajstić information content (AvgIpc) is 2.41. The van der Waals surface area contributed by atoms with Gasteiger partial charge in [0.2, 0.25) is 0 Å². The Kier molecular flexibility index (Phi) is 6.28. The molecule has 0 aliphatic heterocycles. The van der Waals surface area contributed by atoms with Crippen LogP contribution in [0.1, 0.15) is 26.3 Å². The van der Waals surface area contributed by atoms with Gasteiger partial charge in [-0.05, 0) is 31.9 Å². The lowest BCUT2D eigenvalue weighted by Crippen LogP contribution is -2.15. The molecule has 20 heavy (non-hydrogen) atoms. The molecule has 0 aliphatic carbocycles. The first kappa shape index (κ1) is 15.7. The van der Waals surface area contributed by atoms with Crippen molar-refractivity contribution < 1.29 is 28.5 Å². The van der Waals surface area contributed by atoms with Gasteiger partial charge in [0, 0.05) is 6.20 Å². The number of rotatable bonds is 5. The zero-order valence-corrected chi connectivity index (χ0v) is 11.7. The second-order valence-corrected chi connectivity index (χ2v) is 3.57. The smallest absolute Gasteiger partial charge is 0.434 e. The molecular formula is C13H17NO6. The summed E-state index contributed by atoms with van der Waals surface area (Å²) in [4.78, 5) is 26.5. The molecule has 1 rings (SSSR count). The number of hydrogen-bond acceptors (Lipinski definition) is 7. The molecule has 1 heterocycles. The van der Waals surface area contributed by atoms with E-state index >= 15 is 0 Å². The first-order chi connectivity index (χ1) is 9.60. The highest BCUT2D eigenvalue weighted by molar-refractivity contribution is 5.68. The lowest BCUT2D eigenvalue weighted by molar-refractivity contribution is 0.0924. The molecule has 0 amide bonds. The van der Waals surface area contributed by atoms with Gasteiger partial charge in [0.25, 0.3) is 5.88 Å². The van der Waals surface area contributed by atoms with Crippen molar-refractivity contribution in [3.63, 3.8) is 0 Å². The van der Waals surface area contributed by atoms with Gasteiger partial charge < -0.3 is 18.9 Å². The summed E-state index contributed by atoms with van der Waals surface area (Å²) in [5.74, 6) is -0.135. The Morgan fingerprint density at radius 3 is 2.20 bits per heavy atom. The lowest BCUT2D eigenvalue weighted by atomic mass is 10.2. The Balaban J connectivity index is 2.91. The fraction of sp³-hybridized carbons (Fsp3) is 0.462. The van der Waals surface area contributed by atoms with Crippen LogP contribution in [0.4, 0.5) is 9.59 Å². The van der Waals surface area contributed by atoms with Crippen molar-refractivity contribution in [2.75, 3.05) is 13.2 Å². The van der Waals surface area contributed by atoms with Crippen LogP contribution in [0.2, 0.25) is 0 Å². The van der Waals surface area contributed by atoms with Gasteiger partial charge in [-0.15, -0.1) is 0 Å². The van der Waals surface area contributed by atoms with Crippen molar-refractivity contribution >= 4 is 12.3 Å². The van der Waals surface area contributed by atoms with E-state index in [2.05, 4.69) is 14.5 Å². The molecule has 0 unspecified atom stereocenters. The van der Waals surface area contributed by atoms with Crippen molar-refractivity contribution in [3.05, 3.63) is 17.8 Å². The maximum atomic E-state index is 11.3. The number of pyridine rings is 1. The van der Waals surface area contributed by atoms with Crippen LogP contribution >= 0.6 is 0 Å². The molecule has 0 saturated carbocycles. The van der Waals surface area contributed by atoms with Gasteiger partial charge in [0.05, 0.1) is 13.2 Å². The second-order valence-electron chi connectivity index (χ2n) is 3.57. The Labute approximate surface area is 116 Å². The molecule has 0 saturated heterocycles. The SMILES string of the molecule is CCOC(=O)Oc1cc(CC)cnc1OC(=O)OCC. The van der Waals surface area contributed by atoms with Crippen molar-refractivity contribution in [2.24, 2.45) is 0 Å². The van der Waals surface area contributed by atoms with Crippen LogP contribution in [0.5, 0.6) is 11.6 Å². The predicted octanol–water partition coefficient (Wildman–Crippen LogP) is 2.71. The van der Waals surface area contributed by atoms with E-state index in [9.17, 15) is 9.59 Å². The van der Waals surface area contributed by atoms with E-state index < -0.39 is 12.3 Å². The summed E-state index contributed by atoms with van der Waals surface area (Å²) in [6.45, 7) is 5.55. The quantitative estimate of drug-likeness (QED) is 0.768. The molecule has 0 spiro atoms. The van der Waals surface area contributed by atoms with Gasteiger partial charge in [-0.3, -0.25) is 0 Å². The molecule has 0 fully saturated rings. The first-order valence-corrected chi connectivity index (χ1v) is 6.28. The Morgan fingerprint density at radius 2 is 1.65 bits per heavy atom. The van der Waals surface area contributed by atoms with E-state index in [0.29, 0.717) is 6.42 Å². The number of hydrogen-bond donors (Lipinski definition) is 0. The maximum Gasteiger partial charge on any atom is 0.515 e. The van der Waals surface area contributed by atoms with Crippen LogP contribution in [0.25, 0.3) is 0 Å². The molecule has 0 N–H and O–H groups in total. The third-order valence-corrected chi connectivity index (χ3v) is 2.18. The normalized spacial score (nSPS) is 9.75. The molecule has 1 aromatic heterocycles. The third-order valence-electron chi connectivity index (χ3n) is 2.18. The fourth-order valence-corrected chi connectivity index (χ4v) is 1.28. The van der Waals surface area contributed by atoms with Gasteiger partial charge >= 0.3 is 12.3 Å². The zero-order chi connectivity index (χ0) is 15.0. The van der Waals surface area contributed by atoms with Gasteiger partial charge in [0.1, 0.15) is 0 Å². The molecule has 7 heteroatoms. The monoisotopic (exact) mass is 283 g/mol. The topological polar surface area (TPSA) is 84.0 Å². The van der Waals surface area contributed by atoms with E-state index in [4.69, 9.17) is 9.47 Å². The van der Waals surface area contributed by atoms with Crippen LogP contribution < -0.4 is 9.47 Å². The third kappa shape index (κ3) is 4.75. The van der Waals surface area contributed by atoms with Crippen molar-refractivity contribution in [1.29, 1.82) is 0 Å². The van der Waals surface area contributed by atoms with Gasteiger partial charge in [0.15, 0.2) is 5.75 Å². The van der Waals surface area contributed by atoms with Crippen LogP contribution in [-0.2, 0) is 15.9 Å². The van der Waals surface area contributed by atoms with Crippen LogP contribution in [0, 0.1) is 0 Å². The summed E-state index contributed by atoms with van der Waals surface area (Å²) in [7, 11) is 0. The molecule has 0 bridgehead atoms. The molecule has 0 radical (unpaired) electrons. The molecule has 7 nitrogen and oxygen atoms in total. The average molecular weight is 283 g/mol. The summed E-state index contributed by atoms with van der Waals surface area (Å²) in [5.41, 5.74) is 0.820. The predicted molar refractivity (Wildman–Crippen MR) is 68.9 cm³/mol. The summed E-state index contributed by atoms with van der Waals surface area (Å²) in [6, 6.07) is 1.55. The minimum Gasteiger partial charge on any atom is -0.434 e. The van der Waals surface area contributed by atoms with Crippen LogP contribution in [-0.4, -0.2) is 30.5 Å². The standard InChI is InChI=1S/C13H17NO6/c1-4-9-7-10(19-12(15)17-5-2)11(14-8-9)20-13(16)18-6-3/h7-8H,4-6H2,1-3H3. The summed E-state index contributed by atoms with van der Waals surface area (Å²) in [6.07, 6.45) is 0.396. The summed E-state index contributed by atoms with van der Waals surface area (Å²) < 4.78 is 19.1. The van der Waals surface area contributed by atoms with Crippen molar-refractivity contribution in [3.8, 4) is 11.6 Å². The number of aryl methyl sites for hydroxylation is 1. The van der Waals surface area contributed by atoms with Crippen LogP contribution in [0.3, 0.4) is 0 Å². The highest BCUT2D eigenvalue weighted by Gasteiger charge is 2.17. The second kappa shape index (κ2) is 7.98. The molecule has 110 valence electrons. The van der Waals surface area contributed by atoms with Crippen molar-refractivity contribution in [2.45, 2.75) is 27.2 Å². The fourth-order valence-electron chi connectivity index (χ4n) is 1.28. The number of carbonyl (C=O) groups excluding carboxylic acids is 2. The van der Waals surface area contributed by atoms with Crippen molar-refractivity contribution in [1.82, 2.24) is 4.98 Å². The van der Waals surface area contributed by atoms with Gasteiger partial charge in [-0.1, -0.05) is 6.92 Å². The maximum absolute atomic E-state index is 11.3. The molecule has 0 atom stereocenters. The number of nitrogens with zero attached hydrogens (tertiary/aromatic N) is 1. The Hall–Kier alpha value is -2.31. The zero-order valence-electron chi connectivity index (χ0n) is 11.7. The Bertz CT molecular complexity index is 474. The van der Waals surface area contributed by atoms with Gasteiger partial charge in [-0.25, -0.2) is 14.6 Å². The Morgan fingerprint density at radius 1 is 1.05 bits per heavy atom. The van der Waals surface area contributed by atoms with E-state index in [1.165, 1.54) is 6.20 Å². The molecule has 0 aliphatic rings. The summed E-state index contributed by atoms with van der Waals surface area (Å²) >= 11 is 0. The highest BCUT2D eigenvalue weighted by atomic mass is 16.7. The molecule has 0 aromatic carbocycles. The minimum absolute atomic E-state index is 0.0100. The van der Waals surface area contributed by atoms with E-state index in [0.717, 1.165) is 5.56 Å². The van der Waals surface area contributed by atoms with E-state index in [1.54, 1.807) is 19.9 Å². The largest absolute Gasteiger partial charge is 0.515 e. The highest BCUT2D eigenvalue weighted by Crippen LogP contribution is 2.26. The first-order valence-electron chi connectivity index (χ1n) is 6.28. The van der Waals surface area contributed by atoms with E-state index in [1.807, 2.05) is 6.92 Å².